The van der Waals surface area contributed by atoms with Crippen LogP contribution in [-0.4, -0.2) is 49.3 Å². The molecule has 6 nitrogen and oxygen atoms in total. The molecule has 1 atom stereocenters. The van der Waals surface area contributed by atoms with Crippen molar-refractivity contribution in [2.75, 3.05) is 18.1 Å². The SMILES string of the molecule is Cc1ccc(C(=O)OCC(=O)N(Cc2ccccc2)[C@H]2CCS(=O)(=O)C2)s1. The van der Waals surface area contributed by atoms with E-state index in [4.69, 9.17) is 4.74 Å². The summed E-state index contributed by atoms with van der Waals surface area (Å²) in [5.74, 6) is -0.906. The van der Waals surface area contributed by atoms with Gasteiger partial charge in [-0.1, -0.05) is 30.3 Å². The number of benzene rings is 1. The normalized spacial score (nSPS) is 18.2. The number of thiophene rings is 1. The first-order valence-corrected chi connectivity index (χ1v) is 11.3. The van der Waals surface area contributed by atoms with Crippen LogP contribution in [0.25, 0.3) is 0 Å². The molecule has 1 fully saturated rings. The number of nitrogens with zero attached hydrogens (tertiary/aromatic N) is 1. The van der Waals surface area contributed by atoms with Crippen molar-refractivity contribution in [3.63, 3.8) is 0 Å². The number of aryl methyl sites for hydroxylation is 1. The van der Waals surface area contributed by atoms with Gasteiger partial charge in [-0.3, -0.25) is 4.79 Å². The number of amides is 1. The van der Waals surface area contributed by atoms with E-state index in [2.05, 4.69) is 0 Å². The Morgan fingerprint density at radius 1 is 1.19 bits per heavy atom. The minimum absolute atomic E-state index is 0.0519. The van der Waals surface area contributed by atoms with Crippen LogP contribution in [0.2, 0.25) is 0 Å². The molecule has 0 aliphatic carbocycles. The second-order valence-electron chi connectivity index (χ2n) is 6.55. The van der Waals surface area contributed by atoms with Crippen LogP contribution in [0.15, 0.2) is 42.5 Å². The Hall–Kier alpha value is -2.19. The summed E-state index contributed by atoms with van der Waals surface area (Å²) in [6, 6.07) is 12.4. The standard InChI is InChI=1S/C19H21NO5S2/c1-14-7-8-17(26-14)19(22)25-12-18(21)20(11-15-5-3-2-4-6-15)16-9-10-27(23,24)13-16/h2-8,16H,9-13H2,1H3/t16-/m0/s1. The summed E-state index contributed by atoms with van der Waals surface area (Å²) < 4.78 is 28.9. The lowest BCUT2D eigenvalue weighted by atomic mass is 10.1. The van der Waals surface area contributed by atoms with E-state index in [0.29, 0.717) is 11.3 Å². The average molecular weight is 408 g/mol. The van der Waals surface area contributed by atoms with Gasteiger partial charge >= 0.3 is 5.97 Å². The molecule has 1 amide bonds. The zero-order valence-corrected chi connectivity index (χ0v) is 16.6. The lowest BCUT2D eigenvalue weighted by Crippen LogP contribution is -2.42. The van der Waals surface area contributed by atoms with Gasteiger partial charge in [-0.25, -0.2) is 13.2 Å². The molecule has 1 aliphatic rings. The van der Waals surface area contributed by atoms with Crippen LogP contribution < -0.4 is 0 Å². The molecule has 0 spiro atoms. The van der Waals surface area contributed by atoms with E-state index in [-0.39, 0.29) is 24.0 Å². The van der Waals surface area contributed by atoms with Gasteiger partial charge in [-0.15, -0.1) is 11.3 Å². The van der Waals surface area contributed by atoms with Gasteiger partial charge in [0.05, 0.1) is 11.5 Å². The van der Waals surface area contributed by atoms with Crippen molar-refractivity contribution < 1.29 is 22.7 Å². The predicted octanol–water partition coefficient (Wildman–Crippen LogP) is 2.43. The van der Waals surface area contributed by atoms with E-state index in [1.807, 2.05) is 43.3 Å². The first-order valence-electron chi connectivity index (χ1n) is 8.61. The van der Waals surface area contributed by atoms with Gasteiger partial charge in [0.2, 0.25) is 0 Å². The summed E-state index contributed by atoms with van der Waals surface area (Å²) in [5, 5.41) is 0. The minimum Gasteiger partial charge on any atom is -0.451 e. The predicted molar refractivity (Wildman–Crippen MR) is 103 cm³/mol. The molecule has 1 saturated heterocycles. The summed E-state index contributed by atoms with van der Waals surface area (Å²) >= 11 is 1.30. The van der Waals surface area contributed by atoms with Gasteiger partial charge in [0.1, 0.15) is 4.88 Å². The first-order chi connectivity index (χ1) is 12.8. The van der Waals surface area contributed by atoms with E-state index in [9.17, 15) is 18.0 Å². The Bertz CT molecular complexity index is 921. The highest BCUT2D eigenvalue weighted by molar-refractivity contribution is 7.91. The number of hydrogen-bond donors (Lipinski definition) is 0. The Morgan fingerprint density at radius 2 is 1.93 bits per heavy atom. The molecule has 0 radical (unpaired) electrons. The third kappa shape index (κ3) is 5.17. The van der Waals surface area contributed by atoms with Crippen molar-refractivity contribution in [3.05, 3.63) is 57.8 Å². The Kier molecular flexibility index (Phi) is 5.96. The van der Waals surface area contributed by atoms with Gasteiger partial charge in [-0.2, -0.15) is 0 Å². The van der Waals surface area contributed by atoms with Crippen LogP contribution in [-0.2, 0) is 25.9 Å². The van der Waals surface area contributed by atoms with Crippen LogP contribution in [0, 0.1) is 6.92 Å². The summed E-state index contributed by atoms with van der Waals surface area (Å²) in [6.07, 6.45) is 0.402. The molecule has 27 heavy (non-hydrogen) atoms. The molecule has 0 N–H and O–H groups in total. The van der Waals surface area contributed by atoms with Crippen LogP contribution in [0.1, 0.15) is 26.5 Å². The summed E-state index contributed by atoms with van der Waals surface area (Å²) in [4.78, 5) is 27.8. The fraction of sp³-hybridized carbons (Fsp3) is 0.368. The Morgan fingerprint density at radius 3 is 2.52 bits per heavy atom. The maximum Gasteiger partial charge on any atom is 0.348 e. The molecule has 1 aromatic heterocycles. The topological polar surface area (TPSA) is 80.8 Å². The number of carbonyl (C=O) groups excluding carboxylic acids is 2. The van der Waals surface area contributed by atoms with E-state index in [0.717, 1.165) is 10.4 Å². The van der Waals surface area contributed by atoms with Crippen molar-refractivity contribution in [1.82, 2.24) is 4.90 Å². The zero-order chi connectivity index (χ0) is 19.4. The van der Waals surface area contributed by atoms with Gasteiger partial charge in [0.15, 0.2) is 16.4 Å². The average Bonchev–Trinajstić information content (AvgIpc) is 3.23. The molecule has 1 aromatic carbocycles. The minimum atomic E-state index is -3.14. The molecular weight excluding hydrogens is 386 g/mol. The van der Waals surface area contributed by atoms with E-state index in [1.165, 1.54) is 16.2 Å². The fourth-order valence-corrected chi connectivity index (χ4v) is 5.54. The quantitative estimate of drug-likeness (QED) is 0.687. The number of sulfone groups is 1. The van der Waals surface area contributed by atoms with E-state index in [1.54, 1.807) is 6.07 Å². The third-order valence-electron chi connectivity index (χ3n) is 4.43. The highest BCUT2D eigenvalue weighted by atomic mass is 32.2. The fourth-order valence-electron chi connectivity index (χ4n) is 3.05. The Balaban J connectivity index is 1.69. The molecule has 2 aromatic rings. The Labute approximate surface area is 162 Å². The molecular formula is C19H21NO5S2. The smallest absolute Gasteiger partial charge is 0.348 e. The lowest BCUT2D eigenvalue weighted by Gasteiger charge is -2.28. The second kappa shape index (κ2) is 8.22. The van der Waals surface area contributed by atoms with Crippen molar-refractivity contribution in [3.8, 4) is 0 Å². The third-order valence-corrected chi connectivity index (χ3v) is 7.16. The van der Waals surface area contributed by atoms with Crippen molar-refractivity contribution >= 4 is 33.1 Å². The molecule has 8 heteroatoms. The van der Waals surface area contributed by atoms with Crippen molar-refractivity contribution in [2.24, 2.45) is 0 Å². The monoisotopic (exact) mass is 407 g/mol. The molecule has 144 valence electrons. The van der Waals surface area contributed by atoms with Gasteiger partial charge < -0.3 is 9.64 Å². The number of carbonyl (C=O) groups is 2. The van der Waals surface area contributed by atoms with E-state index < -0.39 is 28.5 Å². The number of esters is 1. The summed E-state index contributed by atoms with van der Waals surface area (Å²) in [6.45, 7) is 1.77. The van der Waals surface area contributed by atoms with Gasteiger partial charge in [0, 0.05) is 17.5 Å². The van der Waals surface area contributed by atoms with Gasteiger partial charge in [0.25, 0.3) is 5.91 Å². The first kappa shape index (κ1) is 19.6. The largest absolute Gasteiger partial charge is 0.451 e. The zero-order valence-electron chi connectivity index (χ0n) is 15.0. The lowest BCUT2D eigenvalue weighted by molar-refractivity contribution is -0.137. The highest BCUT2D eigenvalue weighted by Crippen LogP contribution is 2.21. The van der Waals surface area contributed by atoms with E-state index >= 15 is 0 Å². The molecule has 3 rings (SSSR count). The highest BCUT2D eigenvalue weighted by Gasteiger charge is 2.35. The number of ether oxygens (including phenoxy) is 1. The van der Waals surface area contributed by atoms with Crippen LogP contribution in [0.3, 0.4) is 0 Å². The van der Waals surface area contributed by atoms with Crippen molar-refractivity contribution in [1.29, 1.82) is 0 Å². The molecule has 0 bridgehead atoms. The maximum atomic E-state index is 12.7. The van der Waals surface area contributed by atoms with Crippen LogP contribution in [0.4, 0.5) is 0 Å². The van der Waals surface area contributed by atoms with Gasteiger partial charge in [-0.05, 0) is 31.0 Å². The van der Waals surface area contributed by atoms with Crippen LogP contribution >= 0.6 is 11.3 Å². The molecule has 0 saturated carbocycles. The maximum absolute atomic E-state index is 12.7. The number of rotatable bonds is 6. The molecule has 1 aliphatic heterocycles. The summed E-state index contributed by atoms with van der Waals surface area (Å²) in [5.41, 5.74) is 0.898. The molecule has 0 unspecified atom stereocenters. The number of hydrogen-bond acceptors (Lipinski definition) is 6. The second-order valence-corrected chi connectivity index (χ2v) is 10.1. The molecule has 2 heterocycles. The summed E-state index contributed by atoms with van der Waals surface area (Å²) in [7, 11) is -3.14. The van der Waals surface area contributed by atoms with Crippen molar-refractivity contribution in [2.45, 2.75) is 25.9 Å². The van der Waals surface area contributed by atoms with Crippen LogP contribution in [0.5, 0.6) is 0 Å².